The molecule has 0 N–H and O–H groups in total. The van der Waals surface area contributed by atoms with Gasteiger partial charge in [0.25, 0.3) is 0 Å². The summed E-state index contributed by atoms with van der Waals surface area (Å²) < 4.78 is 10.7. The van der Waals surface area contributed by atoms with E-state index in [9.17, 15) is 4.79 Å². The van der Waals surface area contributed by atoms with Crippen molar-refractivity contribution in [3.63, 3.8) is 0 Å². The van der Waals surface area contributed by atoms with Gasteiger partial charge in [-0.1, -0.05) is 54.6 Å². The predicted octanol–water partition coefficient (Wildman–Crippen LogP) is 8.54. The highest BCUT2D eigenvalue weighted by atomic mass is 16.3. The topological polar surface area (TPSA) is 53.0 Å². The standard InChI is InChI=1S/C36H21N3O2/c40-36-26-11-5-7-13-32(26)41-33-17-14-23(20-27(33)36)39-30-18-19-37-21-28(30)24-15-16-31-34(35(24)39)25-10-4-6-12-29(25)38(31)22-8-2-1-3-9-22/h1-21H. The van der Waals surface area contributed by atoms with Crippen molar-refractivity contribution in [3.8, 4) is 11.4 Å². The number of fused-ring (bicyclic) bond motifs is 9. The van der Waals surface area contributed by atoms with Crippen LogP contribution < -0.4 is 5.43 Å². The molecule has 0 unspecified atom stereocenters. The maximum Gasteiger partial charge on any atom is 0.200 e. The number of nitrogens with zero attached hydrogens (tertiary/aromatic N) is 3. The summed E-state index contributed by atoms with van der Waals surface area (Å²) in [7, 11) is 0. The molecule has 5 heteroatoms. The monoisotopic (exact) mass is 527 g/mol. The second kappa shape index (κ2) is 8.16. The molecule has 0 radical (unpaired) electrons. The summed E-state index contributed by atoms with van der Waals surface area (Å²) >= 11 is 0. The van der Waals surface area contributed by atoms with Crippen LogP contribution in [-0.4, -0.2) is 14.1 Å². The fourth-order valence-electron chi connectivity index (χ4n) is 6.46. The smallest absolute Gasteiger partial charge is 0.200 e. The molecule has 4 aromatic heterocycles. The minimum Gasteiger partial charge on any atom is -0.456 e. The van der Waals surface area contributed by atoms with Gasteiger partial charge in [-0.25, -0.2) is 0 Å². The van der Waals surface area contributed by atoms with Gasteiger partial charge >= 0.3 is 0 Å². The summed E-state index contributed by atoms with van der Waals surface area (Å²) in [5.41, 5.74) is 7.52. The third-order valence-corrected chi connectivity index (χ3v) is 8.20. The highest BCUT2D eigenvalue weighted by Crippen LogP contribution is 2.41. The molecule has 9 rings (SSSR count). The molecule has 192 valence electrons. The lowest BCUT2D eigenvalue weighted by Gasteiger charge is -2.11. The van der Waals surface area contributed by atoms with Gasteiger partial charge in [-0.05, 0) is 60.7 Å². The molecule has 0 bridgehead atoms. The molecular weight excluding hydrogens is 506 g/mol. The fourth-order valence-corrected chi connectivity index (χ4v) is 6.46. The Morgan fingerprint density at radius 2 is 1.29 bits per heavy atom. The maximum atomic E-state index is 13.6. The van der Waals surface area contributed by atoms with Crippen LogP contribution >= 0.6 is 0 Å². The first kappa shape index (κ1) is 22.2. The van der Waals surface area contributed by atoms with Crippen LogP contribution in [0.4, 0.5) is 0 Å². The highest BCUT2D eigenvalue weighted by molar-refractivity contribution is 6.26. The normalized spacial score (nSPS) is 12.0. The molecular formula is C36H21N3O2. The van der Waals surface area contributed by atoms with E-state index in [1.165, 1.54) is 5.39 Å². The van der Waals surface area contributed by atoms with E-state index in [2.05, 4.69) is 74.8 Å². The number of rotatable bonds is 2. The molecule has 0 saturated carbocycles. The van der Waals surface area contributed by atoms with Crippen molar-refractivity contribution in [1.82, 2.24) is 14.1 Å². The van der Waals surface area contributed by atoms with E-state index in [0.29, 0.717) is 21.9 Å². The second-order valence-electron chi connectivity index (χ2n) is 10.4. The fraction of sp³-hybridized carbons (Fsp3) is 0. The van der Waals surface area contributed by atoms with E-state index in [4.69, 9.17) is 4.42 Å². The van der Waals surface area contributed by atoms with E-state index in [0.717, 1.165) is 49.6 Å². The molecule has 0 amide bonds. The highest BCUT2D eigenvalue weighted by Gasteiger charge is 2.21. The van der Waals surface area contributed by atoms with Gasteiger partial charge in [0.2, 0.25) is 5.43 Å². The number of pyridine rings is 1. The van der Waals surface area contributed by atoms with E-state index < -0.39 is 0 Å². The third-order valence-electron chi connectivity index (χ3n) is 8.20. The molecule has 0 spiro atoms. The first-order valence-electron chi connectivity index (χ1n) is 13.6. The van der Waals surface area contributed by atoms with Crippen LogP contribution in [0.5, 0.6) is 0 Å². The summed E-state index contributed by atoms with van der Waals surface area (Å²) in [5, 5.41) is 5.64. The Kier molecular flexibility index (Phi) is 4.41. The Hall–Kier alpha value is -5.68. The van der Waals surface area contributed by atoms with Gasteiger partial charge < -0.3 is 13.6 Å². The lowest BCUT2D eigenvalue weighted by molar-refractivity contribution is 0.660. The summed E-state index contributed by atoms with van der Waals surface area (Å²) in [5.74, 6) is 0. The Morgan fingerprint density at radius 1 is 0.537 bits per heavy atom. The van der Waals surface area contributed by atoms with Crippen LogP contribution in [0.1, 0.15) is 0 Å². The Bertz CT molecular complexity index is 2550. The number of hydrogen-bond donors (Lipinski definition) is 0. The summed E-state index contributed by atoms with van der Waals surface area (Å²) in [6.45, 7) is 0. The maximum absolute atomic E-state index is 13.6. The van der Waals surface area contributed by atoms with Crippen LogP contribution in [0.25, 0.3) is 76.9 Å². The summed E-state index contributed by atoms with van der Waals surface area (Å²) in [6, 6.07) is 38.8. The van der Waals surface area contributed by atoms with Crippen molar-refractivity contribution in [2.45, 2.75) is 0 Å². The zero-order valence-corrected chi connectivity index (χ0v) is 21.8. The molecule has 9 aromatic rings. The van der Waals surface area contributed by atoms with Crippen molar-refractivity contribution < 1.29 is 4.42 Å². The number of aromatic nitrogens is 3. The van der Waals surface area contributed by atoms with Crippen LogP contribution in [0.3, 0.4) is 0 Å². The van der Waals surface area contributed by atoms with Gasteiger partial charge in [-0.2, -0.15) is 0 Å². The Balaban J connectivity index is 1.47. The number of hydrogen-bond acceptors (Lipinski definition) is 3. The van der Waals surface area contributed by atoms with E-state index >= 15 is 0 Å². The molecule has 0 aliphatic carbocycles. The van der Waals surface area contributed by atoms with Crippen molar-refractivity contribution in [1.29, 1.82) is 0 Å². The van der Waals surface area contributed by atoms with Crippen LogP contribution in [0.15, 0.2) is 137 Å². The Morgan fingerprint density at radius 3 is 2.20 bits per heavy atom. The zero-order chi connectivity index (χ0) is 27.1. The SMILES string of the molecule is O=c1c2ccccc2oc2ccc(-n3c4ccncc4c4ccc5c(c6ccccc6n5-c5ccccc5)c43)cc12. The van der Waals surface area contributed by atoms with Gasteiger partial charge in [0.05, 0.1) is 32.8 Å². The van der Waals surface area contributed by atoms with Crippen LogP contribution in [0.2, 0.25) is 0 Å². The minimum atomic E-state index is -0.0306. The predicted molar refractivity (Wildman–Crippen MR) is 166 cm³/mol. The van der Waals surface area contributed by atoms with Gasteiger partial charge in [0, 0.05) is 45.3 Å². The summed E-state index contributed by atoms with van der Waals surface area (Å²) in [4.78, 5) is 18.1. The largest absolute Gasteiger partial charge is 0.456 e. The summed E-state index contributed by atoms with van der Waals surface area (Å²) in [6.07, 6.45) is 3.75. The third kappa shape index (κ3) is 3.00. The zero-order valence-electron chi connectivity index (χ0n) is 21.8. The van der Waals surface area contributed by atoms with Crippen molar-refractivity contribution in [3.05, 3.63) is 138 Å². The minimum absolute atomic E-state index is 0.0306. The lowest BCUT2D eigenvalue weighted by Crippen LogP contribution is -2.03. The van der Waals surface area contributed by atoms with Crippen LogP contribution in [0, 0.1) is 0 Å². The van der Waals surface area contributed by atoms with Gasteiger partial charge in [0.15, 0.2) is 0 Å². The van der Waals surface area contributed by atoms with Crippen LogP contribution in [-0.2, 0) is 0 Å². The molecule has 41 heavy (non-hydrogen) atoms. The van der Waals surface area contributed by atoms with Gasteiger partial charge in [0.1, 0.15) is 11.2 Å². The lowest BCUT2D eigenvalue weighted by atomic mass is 10.1. The molecule has 0 fully saturated rings. The quantitative estimate of drug-likeness (QED) is 0.212. The average molecular weight is 528 g/mol. The molecule has 0 saturated heterocycles. The second-order valence-corrected chi connectivity index (χ2v) is 10.4. The van der Waals surface area contributed by atoms with E-state index in [1.54, 1.807) is 0 Å². The van der Waals surface area contributed by atoms with E-state index in [1.807, 2.05) is 67.0 Å². The number of para-hydroxylation sites is 3. The molecule has 0 atom stereocenters. The van der Waals surface area contributed by atoms with Crippen molar-refractivity contribution in [2.24, 2.45) is 0 Å². The molecule has 4 heterocycles. The average Bonchev–Trinajstić information content (AvgIpc) is 3.54. The van der Waals surface area contributed by atoms with Crippen molar-refractivity contribution in [2.75, 3.05) is 0 Å². The Labute approximate surface area is 233 Å². The molecule has 0 aliphatic heterocycles. The van der Waals surface area contributed by atoms with Gasteiger partial charge in [-0.15, -0.1) is 0 Å². The first-order valence-corrected chi connectivity index (χ1v) is 13.6. The van der Waals surface area contributed by atoms with Crippen molar-refractivity contribution >= 4 is 65.6 Å². The van der Waals surface area contributed by atoms with E-state index in [-0.39, 0.29) is 5.43 Å². The number of benzene rings is 5. The first-order chi connectivity index (χ1) is 20.3. The molecule has 5 nitrogen and oxygen atoms in total. The molecule has 5 aromatic carbocycles. The molecule has 0 aliphatic rings. The van der Waals surface area contributed by atoms with Gasteiger partial charge in [-0.3, -0.25) is 9.78 Å².